The summed E-state index contributed by atoms with van der Waals surface area (Å²) in [6.07, 6.45) is 1.84. The molecule has 0 atom stereocenters. The Bertz CT molecular complexity index is 471. The van der Waals surface area contributed by atoms with Gasteiger partial charge in [-0.05, 0) is 18.2 Å². The third-order valence-electron chi connectivity index (χ3n) is 2.38. The fourth-order valence-electron chi connectivity index (χ4n) is 1.48. The lowest BCUT2D eigenvalue weighted by molar-refractivity contribution is 0.410. The monoisotopic (exact) mass is 250 g/mol. The van der Waals surface area contributed by atoms with E-state index in [9.17, 15) is 5.11 Å². The van der Waals surface area contributed by atoms with E-state index >= 15 is 0 Å². The molecule has 0 unspecified atom stereocenters. The normalized spacial score (nSPS) is 10.4. The molecule has 1 heterocycles. The number of hydrogen-bond acceptors (Lipinski definition) is 5. The largest absolute Gasteiger partial charge is 0.508 e. The lowest BCUT2D eigenvalue weighted by Gasteiger charge is -2.07. The molecule has 1 aromatic heterocycles. The molecule has 0 spiro atoms. The van der Waals surface area contributed by atoms with Crippen molar-refractivity contribution in [3.8, 4) is 11.5 Å². The number of phenolic OH excluding ortho intramolecular Hbond substituents is 1. The lowest BCUT2D eigenvalue weighted by Crippen LogP contribution is -2.11. The van der Waals surface area contributed by atoms with Gasteiger partial charge in [0.25, 0.3) is 0 Å². The number of methoxy groups -OCH3 is 1. The fraction of sp³-hybridized carbons (Fsp3) is 0.250. The molecular weight excluding hydrogens is 236 g/mol. The number of ether oxygens (including phenoxy) is 1. The molecule has 0 aliphatic carbocycles. The zero-order valence-corrected chi connectivity index (χ0v) is 10.3. The van der Waals surface area contributed by atoms with Gasteiger partial charge in [-0.25, -0.2) is 0 Å². The van der Waals surface area contributed by atoms with E-state index < -0.39 is 0 Å². The second-order valence-corrected chi connectivity index (χ2v) is 4.54. The second kappa shape index (κ2) is 5.65. The molecule has 5 heteroatoms. The zero-order valence-electron chi connectivity index (χ0n) is 9.51. The van der Waals surface area contributed by atoms with Crippen molar-refractivity contribution >= 4 is 11.3 Å². The van der Waals surface area contributed by atoms with Gasteiger partial charge in [0.1, 0.15) is 11.5 Å². The first-order chi connectivity index (χ1) is 8.29. The Morgan fingerprint density at radius 2 is 2.29 bits per heavy atom. The second-order valence-electron chi connectivity index (χ2n) is 3.57. The third-order valence-corrected chi connectivity index (χ3v) is 3.16. The van der Waals surface area contributed by atoms with Crippen molar-refractivity contribution in [3.63, 3.8) is 0 Å². The van der Waals surface area contributed by atoms with Gasteiger partial charge in [-0.2, -0.15) is 0 Å². The third kappa shape index (κ3) is 3.18. The first-order valence-corrected chi connectivity index (χ1v) is 6.11. The average Bonchev–Trinajstić information content (AvgIpc) is 2.84. The Morgan fingerprint density at radius 3 is 3.00 bits per heavy atom. The number of aromatic nitrogens is 1. The number of nitrogens with one attached hydrogen (secondary N) is 1. The highest BCUT2D eigenvalue weighted by Crippen LogP contribution is 2.22. The molecule has 0 aliphatic heterocycles. The summed E-state index contributed by atoms with van der Waals surface area (Å²) in [7, 11) is 1.61. The highest BCUT2D eigenvalue weighted by Gasteiger charge is 2.03. The number of rotatable bonds is 5. The molecule has 0 aliphatic rings. The van der Waals surface area contributed by atoms with Gasteiger partial charge in [-0.3, -0.25) is 4.98 Å². The molecule has 0 bridgehead atoms. The Balaban J connectivity index is 1.94. The van der Waals surface area contributed by atoms with E-state index in [1.807, 2.05) is 12.3 Å². The molecular formula is C12H14N2O2S. The van der Waals surface area contributed by atoms with Gasteiger partial charge < -0.3 is 15.2 Å². The van der Waals surface area contributed by atoms with Gasteiger partial charge in [-0.15, -0.1) is 11.3 Å². The van der Waals surface area contributed by atoms with Crippen molar-refractivity contribution in [3.05, 3.63) is 40.3 Å². The maximum absolute atomic E-state index is 9.68. The van der Waals surface area contributed by atoms with Crippen LogP contribution in [0, 0.1) is 0 Å². The van der Waals surface area contributed by atoms with E-state index in [-0.39, 0.29) is 5.75 Å². The van der Waals surface area contributed by atoms with Gasteiger partial charge in [-0.1, -0.05) is 0 Å². The average molecular weight is 250 g/mol. The van der Waals surface area contributed by atoms with E-state index in [1.165, 1.54) is 4.88 Å². The van der Waals surface area contributed by atoms with Crippen LogP contribution in [0.25, 0.3) is 0 Å². The zero-order chi connectivity index (χ0) is 12.1. The van der Waals surface area contributed by atoms with E-state index in [2.05, 4.69) is 10.3 Å². The number of benzene rings is 1. The van der Waals surface area contributed by atoms with Crippen molar-refractivity contribution in [2.75, 3.05) is 7.11 Å². The summed E-state index contributed by atoms with van der Waals surface area (Å²) in [4.78, 5) is 5.18. The number of aromatic hydroxyl groups is 1. The first kappa shape index (κ1) is 11.9. The Labute approximate surface area is 104 Å². The van der Waals surface area contributed by atoms with Crippen LogP contribution >= 0.6 is 11.3 Å². The van der Waals surface area contributed by atoms with Crippen LogP contribution in [0.15, 0.2) is 29.9 Å². The van der Waals surface area contributed by atoms with Crippen molar-refractivity contribution in [1.29, 1.82) is 0 Å². The highest BCUT2D eigenvalue weighted by atomic mass is 32.1. The van der Waals surface area contributed by atoms with E-state index in [0.29, 0.717) is 6.54 Å². The Hall–Kier alpha value is -1.59. The molecule has 0 amide bonds. The summed E-state index contributed by atoms with van der Waals surface area (Å²) in [5.74, 6) is 1.03. The molecule has 0 saturated carbocycles. The molecule has 0 fully saturated rings. The van der Waals surface area contributed by atoms with Crippen LogP contribution in [-0.4, -0.2) is 17.2 Å². The summed E-state index contributed by atoms with van der Waals surface area (Å²) < 4.78 is 5.12. The molecule has 2 aromatic rings. The molecule has 2 N–H and O–H groups in total. The number of nitrogens with zero attached hydrogens (tertiary/aromatic N) is 1. The van der Waals surface area contributed by atoms with Crippen LogP contribution in [-0.2, 0) is 13.1 Å². The molecule has 0 saturated heterocycles. The minimum atomic E-state index is 0.280. The molecule has 90 valence electrons. The van der Waals surface area contributed by atoms with Gasteiger partial charge in [0.05, 0.1) is 12.6 Å². The smallest absolute Gasteiger partial charge is 0.120 e. The van der Waals surface area contributed by atoms with Crippen LogP contribution < -0.4 is 10.1 Å². The van der Waals surface area contributed by atoms with Crippen LogP contribution in [0.3, 0.4) is 0 Å². The van der Waals surface area contributed by atoms with Gasteiger partial charge in [0, 0.05) is 29.7 Å². The highest BCUT2D eigenvalue weighted by molar-refractivity contribution is 7.09. The first-order valence-electron chi connectivity index (χ1n) is 5.23. The van der Waals surface area contributed by atoms with Crippen LogP contribution in [0.2, 0.25) is 0 Å². The molecule has 1 aromatic carbocycles. The number of thiazole rings is 1. The summed E-state index contributed by atoms with van der Waals surface area (Å²) in [6.45, 7) is 1.35. The van der Waals surface area contributed by atoms with E-state index in [4.69, 9.17) is 4.74 Å². The van der Waals surface area contributed by atoms with Gasteiger partial charge in [0.15, 0.2) is 0 Å². The molecule has 0 radical (unpaired) electrons. The summed E-state index contributed by atoms with van der Waals surface area (Å²) >= 11 is 1.61. The van der Waals surface area contributed by atoms with Crippen LogP contribution in [0.4, 0.5) is 0 Å². The maximum atomic E-state index is 9.68. The molecule has 17 heavy (non-hydrogen) atoms. The number of hydrogen-bond donors (Lipinski definition) is 2. The SMILES string of the molecule is COc1ccc(O)c(CNCc2cncs2)c1. The molecule has 2 rings (SSSR count). The minimum Gasteiger partial charge on any atom is -0.508 e. The summed E-state index contributed by atoms with van der Waals surface area (Å²) in [5.41, 5.74) is 2.63. The summed E-state index contributed by atoms with van der Waals surface area (Å²) in [5, 5.41) is 12.9. The van der Waals surface area contributed by atoms with E-state index in [1.54, 1.807) is 36.1 Å². The quantitative estimate of drug-likeness (QED) is 0.853. The van der Waals surface area contributed by atoms with Gasteiger partial charge >= 0.3 is 0 Å². The van der Waals surface area contributed by atoms with Gasteiger partial charge in [0.2, 0.25) is 0 Å². The van der Waals surface area contributed by atoms with Crippen molar-refractivity contribution in [2.45, 2.75) is 13.1 Å². The minimum absolute atomic E-state index is 0.280. The number of phenols is 1. The van der Waals surface area contributed by atoms with Crippen LogP contribution in [0.5, 0.6) is 11.5 Å². The topological polar surface area (TPSA) is 54.4 Å². The standard InChI is InChI=1S/C12H14N2O2S/c1-16-10-2-3-12(15)9(4-10)5-13-6-11-7-14-8-17-11/h2-4,7-8,13,15H,5-6H2,1H3. The maximum Gasteiger partial charge on any atom is 0.120 e. The van der Waals surface area contributed by atoms with E-state index in [0.717, 1.165) is 17.9 Å². The fourth-order valence-corrected chi connectivity index (χ4v) is 2.04. The predicted octanol–water partition coefficient (Wildman–Crippen LogP) is 2.15. The van der Waals surface area contributed by atoms with Crippen molar-refractivity contribution < 1.29 is 9.84 Å². The summed E-state index contributed by atoms with van der Waals surface area (Å²) in [6, 6.07) is 5.21. The molecule has 4 nitrogen and oxygen atoms in total. The van der Waals surface area contributed by atoms with Crippen molar-refractivity contribution in [1.82, 2.24) is 10.3 Å². The lowest BCUT2D eigenvalue weighted by atomic mass is 10.2. The van der Waals surface area contributed by atoms with Crippen molar-refractivity contribution in [2.24, 2.45) is 0 Å². The Kier molecular flexibility index (Phi) is 3.95. The predicted molar refractivity (Wildman–Crippen MR) is 67.3 cm³/mol. The van der Waals surface area contributed by atoms with Crippen LogP contribution in [0.1, 0.15) is 10.4 Å². The Morgan fingerprint density at radius 1 is 1.41 bits per heavy atom.